The van der Waals surface area contributed by atoms with Gasteiger partial charge in [0.25, 0.3) is 0 Å². The van der Waals surface area contributed by atoms with Gasteiger partial charge in [-0.25, -0.2) is 9.78 Å². The molecular formula is C21H33N5O. The third kappa shape index (κ3) is 4.21. The number of anilines is 2. The summed E-state index contributed by atoms with van der Waals surface area (Å²) in [6.07, 6.45) is 10.8. The van der Waals surface area contributed by atoms with Crippen LogP contribution >= 0.6 is 0 Å². The van der Waals surface area contributed by atoms with Crippen LogP contribution in [0.2, 0.25) is 0 Å². The van der Waals surface area contributed by atoms with Gasteiger partial charge in [0.1, 0.15) is 5.82 Å². The number of rotatable bonds is 3. The monoisotopic (exact) mass is 371 g/mol. The van der Waals surface area contributed by atoms with Crippen molar-refractivity contribution in [3.8, 4) is 0 Å². The molecule has 148 valence electrons. The van der Waals surface area contributed by atoms with Gasteiger partial charge in [-0.15, -0.1) is 0 Å². The second kappa shape index (κ2) is 8.46. The van der Waals surface area contributed by atoms with Gasteiger partial charge in [0.05, 0.1) is 5.69 Å². The summed E-state index contributed by atoms with van der Waals surface area (Å²) in [5.41, 5.74) is 0.939. The lowest BCUT2D eigenvalue weighted by molar-refractivity contribution is 0.187. The molecule has 0 spiro atoms. The molecule has 0 radical (unpaired) electrons. The number of carbonyl (C=O) groups excluding carboxylic acids is 1. The van der Waals surface area contributed by atoms with Gasteiger partial charge in [-0.3, -0.25) is 9.80 Å². The van der Waals surface area contributed by atoms with Gasteiger partial charge in [-0.1, -0.05) is 12.8 Å². The Morgan fingerprint density at radius 1 is 1.00 bits per heavy atom. The van der Waals surface area contributed by atoms with E-state index in [1.807, 2.05) is 24.2 Å². The number of aromatic nitrogens is 1. The van der Waals surface area contributed by atoms with Gasteiger partial charge in [-0.05, 0) is 38.2 Å². The van der Waals surface area contributed by atoms with Crippen LogP contribution in [-0.4, -0.2) is 73.2 Å². The van der Waals surface area contributed by atoms with Crippen LogP contribution in [0, 0.1) is 0 Å². The van der Waals surface area contributed by atoms with E-state index in [1.165, 1.54) is 32.1 Å². The first-order chi connectivity index (χ1) is 13.2. The highest BCUT2D eigenvalue weighted by molar-refractivity contribution is 5.91. The zero-order valence-electron chi connectivity index (χ0n) is 16.6. The molecule has 0 N–H and O–H groups in total. The molecule has 1 saturated carbocycles. The minimum Gasteiger partial charge on any atom is -0.354 e. The Bertz CT molecular complexity index is 631. The average Bonchev–Trinajstić information content (AvgIpc) is 3.28. The molecule has 4 rings (SSSR count). The fourth-order valence-corrected chi connectivity index (χ4v) is 4.78. The molecule has 1 aromatic rings. The van der Waals surface area contributed by atoms with Crippen LogP contribution in [0.15, 0.2) is 18.3 Å². The zero-order valence-corrected chi connectivity index (χ0v) is 16.6. The molecule has 0 atom stereocenters. The minimum atomic E-state index is 0.109. The fourth-order valence-electron chi connectivity index (χ4n) is 4.78. The predicted octanol–water partition coefficient (Wildman–Crippen LogP) is 3.19. The van der Waals surface area contributed by atoms with E-state index in [0.717, 1.165) is 69.7 Å². The second-order valence-electron chi connectivity index (χ2n) is 8.22. The molecule has 6 heteroatoms. The van der Waals surface area contributed by atoms with Gasteiger partial charge in [0.15, 0.2) is 0 Å². The van der Waals surface area contributed by atoms with Crippen molar-refractivity contribution in [2.45, 2.75) is 51.0 Å². The second-order valence-corrected chi connectivity index (χ2v) is 8.22. The highest BCUT2D eigenvalue weighted by Crippen LogP contribution is 2.26. The molecule has 0 unspecified atom stereocenters. The fraction of sp³-hybridized carbons (Fsp3) is 0.714. The number of hydrogen-bond acceptors (Lipinski definition) is 4. The first kappa shape index (κ1) is 18.5. The van der Waals surface area contributed by atoms with Crippen molar-refractivity contribution < 1.29 is 4.79 Å². The Balaban J connectivity index is 1.38. The summed E-state index contributed by atoms with van der Waals surface area (Å²) in [5, 5.41) is 0. The summed E-state index contributed by atoms with van der Waals surface area (Å²) in [5.74, 6) is 0.997. The minimum absolute atomic E-state index is 0.109. The van der Waals surface area contributed by atoms with E-state index < -0.39 is 0 Å². The highest BCUT2D eigenvalue weighted by Gasteiger charge is 2.27. The first-order valence-corrected chi connectivity index (χ1v) is 10.7. The van der Waals surface area contributed by atoms with E-state index in [-0.39, 0.29) is 6.03 Å². The van der Waals surface area contributed by atoms with Crippen molar-refractivity contribution in [1.29, 1.82) is 0 Å². The number of urea groups is 1. The van der Waals surface area contributed by atoms with Gasteiger partial charge in [0.2, 0.25) is 0 Å². The van der Waals surface area contributed by atoms with Crippen molar-refractivity contribution in [1.82, 2.24) is 14.8 Å². The van der Waals surface area contributed by atoms with Crippen LogP contribution in [0.5, 0.6) is 0 Å². The molecule has 1 aromatic heterocycles. The van der Waals surface area contributed by atoms with Gasteiger partial charge < -0.3 is 9.80 Å². The van der Waals surface area contributed by atoms with E-state index in [2.05, 4.69) is 20.9 Å². The molecule has 0 aromatic carbocycles. The number of amides is 2. The van der Waals surface area contributed by atoms with Crippen LogP contribution in [-0.2, 0) is 0 Å². The van der Waals surface area contributed by atoms with Crippen LogP contribution in [0.4, 0.5) is 16.3 Å². The number of hydrogen-bond donors (Lipinski definition) is 0. The Morgan fingerprint density at radius 3 is 2.41 bits per heavy atom. The van der Waals surface area contributed by atoms with Crippen LogP contribution in [0.25, 0.3) is 0 Å². The molecule has 2 amide bonds. The maximum atomic E-state index is 12.8. The number of nitrogens with zero attached hydrogens (tertiary/aromatic N) is 5. The van der Waals surface area contributed by atoms with E-state index in [4.69, 9.17) is 0 Å². The zero-order chi connectivity index (χ0) is 18.6. The molecule has 0 bridgehead atoms. The van der Waals surface area contributed by atoms with E-state index >= 15 is 0 Å². The van der Waals surface area contributed by atoms with Crippen molar-refractivity contribution >= 4 is 17.5 Å². The molecule has 27 heavy (non-hydrogen) atoms. The normalized spacial score (nSPS) is 22.3. The van der Waals surface area contributed by atoms with E-state index in [9.17, 15) is 4.79 Å². The lowest BCUT2D eigenvalue weighted by Crippen LogP contribution is -2.50. The number of piperidine rings is 1. The first-order valence-electron chi connectivity index (χ1n) is 10.7. The average molecular weight is 372 g/mol. The van der Waals surface area contributed by atoms with Gasteiger partial charge >= 0.3 is 6.03 Å². The number of likely N-dealkylation sites (tertiary alicyclic amines) is 1. The van der Waals surface area contributed by atoms with E-state index in [1.54, 1.807) is 4.90 Å². The third-order valence-corrected chi connectivity index (χ3v) is 6.51. The molecule has 6 nitrogen and oxygen atoms in total. The van der Waals surface area contributed by atoms with Crippen LogP contribution < -0.4 is 9.80 Å². The maximum absolute atomic E-state index is 12.8. The highest BCUT2D eigenvalue weighted by atomic mass is 16.2. The summed E-state index contributed by atoms with van der Waals surface area (Å²) in [7, 11) is 1.88. The van der Waals surface area contributed by atoms with Crippen molar-refractivity contribution in [2.24, 2.45) is 0 Å². The third-order valence-electron chi connectivity index (χ3n) is 6.51. The number of carbonyl (C=O) groups is 1. The lowest BCUT2D eigenvalue weighted by Gasteiger charge is -2.38. The Kier molecular flexibility index (Phi) is 5.81. The molecule has 3 heterocycles. The quantitative estimate of drug-likeness (QED) is 0.818. The van der Waals surface area contributed by atoms with E-state index in [0.29, 0.717) is 0 Å². The van der Waals surface area contributed by atoms with Crippen LogP contribution in [0.3, 0.4) is 0 Å². The largest absolute Gasteiger partial charge is 0.354 e. The van der Waals surface area contributed by atoms with Gasteiger partial charge in [0, 0.05) is 64.6 Å². The molecule has 1 aliphatic carbocycles. The van der Waals surface area contributed by atoms with Crippen LogP contribution in [0.1, 0.15) is 44.9 Å². The molecule has 3 aliphatic rings. The Hall–Kier alpha value is -1.82. The summed E-state index contributed by atoms with van der Waals surface area (Å²) < 4.78 is 0. The van der Waals surface area contributed by atoms with Crippen molar-refractivity contribution in [3.63, 3.8) is 0 Å². The summed E-state index contributed by atoms with van der Waals surface area (Å²) in [4.78, 5) is 26.2. The van der Waals surface area contributed by atoms with Crippen molar-refractivity contribution in [2.75, 3.05) is 56.1 Å². The summed E-state index contributed by atoms with van der Waals surface area (Å²) >= 11 is 0. The molecule has 2 saturated heterocycles. The Morgan fingerprint density at radius 2 is 1.70 bits per heavy atom. The molecule has 3 fully saturated rings. The SMILES string of the molecule is CN(C(=O)N1CCCCC1)c1ccnc(N2CCN(C3CCCC3)CC2)c1. The standard InChI is InChI=1S/C21H33N5O/c1-23(21(27)26-11-5-2-6-12-26)19-9-10-22-20(17-19)25-15-13-24(14-16-25)18-7-3-4-8-18/h9-10,17-18H,2-8,11-16H2,1H3. The summed E-state index contributed by atoms with van der Waals surface area (Å²) in [6, 6.07) is 4.94. The molecular weight excluding hydrogens is 338 g/mol. The summed E-state index contributed by atoms with van der Waals surface area (Å²) in [6.45, 7) is 6.06. The van der Waals surface area contributed by atoms with Gasteiger partial charge in [-0.2, -0.15) is 0 Å². The predicted molar refractivity (Wildman–Crippen MR) is 110 cm³/mol. The maximum Gasteiger partial charge on any atom is 0.324 e. The Labute approximate surface area is 163 Å². The number of piperazine rings is 1. The topological polar surface area (TPSA) is 42.9 Å². The van der Waals surface area contributed by atoms with Crippen molar-refractivity contribution in [3.05, 3.63) is 18.3 Å². The molecule has 2 aliphatic heterocycles. The smallest absolute Gasteiger partial charge is 0.324 e. The number of pyridine rings is 1. The lowest BCUT2D eigenvalue weighted by atomic mass is 10.1.